The maximum absolute atomic E-state index is 12.4. The number of hydrogen-bond acceptors (Lipinski definition) is 3. The van der Waals surface area contributed by atoms with Gasteiger partial charge in [0.25, 0.3) is 0 Å². The number of hydrogen-bond donors (Lipinski definition) is 1. The minimum Gasteiger partial charge on any atom is -0.310 e. The van der Waals surface area contributed by atoms with Gasteiger partial charge in [0, 0.05) is 30.2 Å². The highest BCUT2D eigenvalue weighted by Crippen LogP contribution is 2.32. The maximum atomic E-state index is 12.4. The monoisotopic (exact) mass is 348 g/mol. The summed E-state index contributed by atoms with van der Waals surface area (Å²) in [4.78, 5) is 0.00636. The molecule has 1 rings (SSSR count). The second-order valence-electron chi connectivity index (χ2n) is 4.84. The normalized spacial score (nSPS) is 11.9. The second-order valence-corrected chi connectivity index (χ2v) is 7.64. The van der Waals surface area contributed by atoms with Gasteiger partial charge >= 0.3 is 0 Å². The molecular weight excluding hydrogens is 331 g/mol. The molecule has 1 aromatic rings. The Morgan fingerprint density at radius 2 is 2.00 bits per heavy atom. The van der Waals surface area contributed by atoms with Gasteiger partial charge in [0.15, 0.2) is 0 Å². The first kappa shape index (κ1) is 18.3. The van der Waals surface area contributed by atoms with E-state index in [0.29, 0.717) is 17.1 Å². The van der Waals surface area contributed by atoms with Crippen LogP contribution in [0.15, 0.2) is 17.0 Å². The Morgan fingerprint density at radius 3 is 2.52 bits per heavy atom. The van der Waals surface area contributed by atoms with Gasteiger partial charge in [-0.2, -0.15) is 4.31 Å². The smallest absolute Gasteiger partial charge is 0.245 e. The minimum atomic E-state index is -3.74. The molecule has 0 fully saturated rings. The Balaban J connectivity index is 3.28. The predicted octanol–water partition coefficient (Wildman–Crippen LogP) is 2.75. The lowest BCUT2D eigenvalue weighted by molar-refractivity contribution is 0.503. The molecule has 0 aliphatic rings. The molecular formula is C14H18Cl2N2O2S. The summed E-state index contributed by atoms with van der Waals surface area (Å²) in [5, 5.41) is 3.71. The molecule has 21 heavy (non-hydrogen) atoms. The van der Waals surface area contributed by atoms with Crippen molar-refractivity contribution in [2.24, 2.45) is 0 Å². The van der Waals surface area contributed by atoms with Gasteiger partial charge in [-0.25, -0.2) is 8.42 Å². The standard InChI is InChI=1S/C14H18Cl2N2O2S/c1-5-8-18(4)21(19,20)13-7-6-12(15)11(14(13)16)9-17-10(2)3/h1,6-7,10,17H,8-9H2,2-4H3. The van der Waals surface area contributed by atoms with Gasteiger partial charge in [-0.05, 0) is 12.1 Å². The summed E-state index contributed by atoms with van der Waals surface area (Å²) in [6.45, 7) is 4.31. The fraction of sp³-hybridized carbons (Fsp3) is 0.429. The van der Waals surface area contributed by atoms with Crippen molar-refractivity contribution < 1.29 is 8.42 Å². The first-order chi connectivity index (χ1) is 9.71. The van der Waals surface area contributed by atoms with E-state index >= 15 is 0 Å². The van der Waals surface area contributed by atoms with Gasteiger partial charge < -0.3 is 5.32 Å². The van der Waals surface area contributed by atoms with E-state index in [9.17, 15) is 8.42 Å². The highest BCUT2D eigenvalue weighted by Gasteiger charge is 2.25. The summed E-state index contributed by atoms with van der Waals surface area (Å²) >= 11 is 12.4. The van der Waals surface area contributed by atoms with Crippen molar-refractivity contribution in [3.63, 3.8) is 0 Å². The Morgan fingerprint density at radius 1 is 1.38 bits per heavy atom. The molecule has 1 aromatic carbocycles. The van der Waals surface area contributed by atoms with Crippen molar-refractivity contribution in [2.45, 2.75) is 31.3 Å². The van der Waals surface area contributed by atoms with Crippen LogP contribution in [0.25, 0.3) is 0 Å². The van der Waals surface area contributed by atoms with Gasteiger partial charge in [-0.1, -0.05) is 43.0 Å². The average molecular weight is 349 g/mol. The first-order valence-corrected chi connectivity index (χ1v) is 8.51. The summed E-state index contributed by atoms with van der Waals surface area (Å²) in [5.41, 5.74) is 0.558. The Kier molecular flexibility index (Phi) is 6.51. The van der Waals surface area contributed by atoms with Crippen molar-refractivity contribution in [3.05, 3.63) is 27.7 Å². The van der Waals surface area contributed by atoms with E-state index in [0.717, 1.165) is 4.31 Å². The molecule has 0 aliphatic carbocycles. The van der Waals surface area contributed by atoms with Crippen LogP contribution in [0.5, 0.6) is 0 Å². The lowest BCUT2D eigenvalue weighted by Crippen LogP contribution is -2.28. The first-order valence-electron chi connectivity index (χ1n) is 6.31. The summed E-state index contributed by atoms with van der Waals surface area (Å²) in [6.07, 6.45) is 5.16. The van der Waals surface area contributed by atoms with E-state index in [1.54, 1.807) is 0 Å². The lowest BCUT2D eigenvalue weighted by Gasteiger charge is -2.18. The van der Waals surface area contributed by atoms with Crippen LogP contribution in [-0.4, -0.2) is 32.4 Å². The fourth-order valence-electron chi connectivity index (χ4n) is 1.63. The van der Waals surface area contributed by atoms with E-state index in [1.807, 2.05) is 13.8 Å². The largest absolute Gasteiger partial charge is 0.310 e. The zero-order chi connectivity index (χ0) is 16.2. The van der Waals surface area contributed by atoms with Gasteiger partial charge in [-0.15, -0.1) is 6.42 Å². The van der Waals surface area contributed by atoms with Crippen LogP contribution in [-0.2, 0) is 16.6 Å². The molecule has 0 atom stereocenters. The molecule has 7 heteroatoms. The van der Waals surface area contributed by atoms with Gasteiger partial charge in [0.2, 0.25) is 10.0 Å². The summed E-state index contributed by atoms with van der Waals surface area (Å²) in [5.74, 6) is 2.29. The molecule has 0 radical (unpaired) electrons. The van der Waals surface area contributed by atoms with E-state index < -0.39 is 10.0 Å². The third kappa shape index (κ3) is 4.35. The average Bonchev–Trinajstić information content (AvgIpc) is 2.38. The summed E-state index contributed by atoms with van der Waals surface area (Å²) < 4.78 is 25.9. The SMILES string of the molecule is C#CCN(C)S(=O)(=O)c1ccc(Cl)c(CNC(C)C)c1Cl. The molecule has 0 heterocycles. The Labute approximate surface area is 136 Å². The Hall–Kier alpha value is -0.770. The van der Waals surface area contributed by atoms with Crippen LogP contribution in [0.4, 0.5) is 0 Å². The topological polar surface area (TPSA) is 49.4 Å². The van der Waals surface area contributed by atoms with Crippen molar-refractivity contribution in [3.8, 4) is 12.3 Å². The molecule has 4 nitrogen and oxygen atoms in total. The van der Waals surface area contributed by atoms with Crippen LogP contribution in [0, 0.1) is 12.3 Å². The van der Waals surface area contributed by atoms with E-state index in [1.165, 1.54) is 19.2 Å². The number of nitrogens with zero attached hydrogens (tertiary/aromatic N) is 1. The molecule has 0 saturated heterocycles. The summed E-state index contributed by atoms with van der Waals surface area (Å²) in [6, 6.07) is 3.15. The number of terminal acetylenes is 1. The quantitative estimate of drug-likeness (QED) is 0.804. The number of nitrogens with one attached hydrogen (secondary N) is 1. The zero-order valence-corrected chi connectivity index (χ0v) is 14.5. The molecule has 1 N–H and O–H groups in total. The van der Waals surface area contributed by atoms with Crippen LogP contribution in [0.2, 0.25) is 10.0 Å². The highest BCUT2D eigenvalue weighted by molar-refractivity contribution is 7.89. The van der Waals surface area contributed by atoms with E-state index in [2.05, 4.69) is 11.2 Å². The van der Waals surface area contributed by atoms with Crippen molar-refractivity contribution in [2.75, 3.05) is 13.6 Å². The van der Waals surface area contributed by atoms with Crippen molar-refractivity contribution in [1.29, 1.82) is 0 Å². The number of sulfonamides is 1. The minimum absolute atomic E-state index is 0.00636. The fourth-order valence-corrected chi connectivity index (χ4v) is 3.59. The number of benzene rings is 1. The third-order valence-electron chi connectivity index (χ3n) is 2.84. The predicted molar refractivity (Wildman–Crippen MR) is 87.1 cm³/mol. The summed E-state index contributed by atoms with van der Waals surface area (Å²) in [7, 11) is -2.33. The van der Waals surface area contributed by atoms with Crippen molar-refractivity contribution in [1.82, 2.24) is 9.62 Å². The number of halogens is 2. The van der Waals surface area contributed by atoms with Crippen LogP contribution < -0.4 is 5.32 Å². The Bertz CT molecular complexity index is 652. The molecule has 0 aliphatic heterocycles. The number of rotatable bonds is 6. The van der Waals surface area contributed by atoms with Crippen LogP contribution >= 0.6 is 23.2 Å². The zero-order valence-electron chi connectivity index (χ0n) is 12.2. The molecule has 0 saturated carbocycles. The van der Waals surface area contributed by atoms with E-state index in [-0.39, 0.29) is 22.5 Å². The third-order valence-corrected chi connectivity index (χ3v) is 5.58. The van der Waals surface area contributed by atoms with Gasteiger partial charge in [0.1, 0.15) is 4.90 Å². The molecule has 0 aromatic heterocycles. The second kappa shape index (κ2) is 7.48. The molecule has 0 bridgehead atoms. The lowest BCUT2D eigenvalue weighted by atomic mass is 10.2. The molecule has 0 amide bonds. The highest BCUT2D eigenvalue weighted by atomic mass is 35.5. The van der Waals surface area contributed by atoms with Crippen LogP contribution in [0.3, 0.4) is 0 Å². The van der Waals surface area contributed by atoms with Gasteiger partial charge in [0.05, 0.1) is 11.6 Å². The molecule has 0 spiro atoms. The maximum Gasteiger partial charge on any atom is 0.245 e. The molecule has 116 valence electrons. The molecule has 0 unspecified atom stereocenters. The van der Waals surface area contributed by atoms with Crippen molar-refractivity contribution >= 4 is 33.2 Å². The van der Waals surface area contributed by atoms with E-state index in [4.69, 9.17) is 29.6 Å². The van der Waals surface area contributed by atoms with Crippen LogP contribution in [0.1, 0.15) is 19.4 Å². The van der Waals surface area contributed by atoms with Gasteiger partial charge in [-0.3, -0.25) is 0 Å².